The largest absolute Gasteiger partial charge is 0.118 e. The summed E-state index contributed by atoms with van der Waals surface area (Å²) in [7, 11) is 0. The molecule has 2 heteroatoms. The first-order valence-corrected chi connectivity index (χ1v) is 4.93. The summed E-state index contributed by atoms with van der Waals surface area (Å²) >= 11 is 12.2. The number of hydrogen-bond acceptors (Lipinski definition) is 0. The van der Waals surface area contributed by atoms with Gasteiger partial charge < -0.3 is 0 Å². The van der Waals surface area contributed by atoms with E-state index in [0.29, 0.717) is 5.92 Å². The minimum atomic E-state index is 0.152. The molecule has 0 amide bonds. The van der Waals surface area contributed by atoms with Crippen molar-refractivity contribution in [3.63, 3.8) is 0 Å². The van der Waals surface area contributed by atoms with Gasteiger partial charge in [0.25, 0.3) is 0 Å². The van der Waals surface area contributed by atoms with Crippen LogP contribution in [-0.4, -0.2) is 0 Å². The van der Waals surface area contributed by atoms with Crippen LogP contribution < -0.4 is 0 Å². The molecule has 0 aromatic heterocycles. The number of halogens is 2. The highest BCUT2D eigenvalue weighted by molar-refractivity contribution is 6.32. The average molecular weight is 201 g/mol. The van der Waals surface area contributed by atoms with Gasteiger partial charge in [0.2, 0.25) is 0 Å². The van der Waals surface area contributed by atoms with Crippen LogP contribution in [0.15, 0.2) is 18.2 Å². The van der Waals surface area contributed by atoms with E-state index >= 15 is 0 Å². The molecule has 12 heavy (non-hydrogen) atoms. The van der Waals surface area contributed by atoms with Crippen molar-refractivity contribution in [1.82, 2.24) is 0 Å². The van der Waals surface area contributed by atoms with Crippen LogP contribution in [0, 0.1) is 5.92 Å². The summed E-state index contributed by atoms with van der Waals surface area (Å²) in [6, 6.07) is 5.97. The molecule has 0 bridgehead atoms. The van der Waals surface area contributed by atoms with Crippen LogP contribution in [0.1, 0.15) is 23.4 Å². The average Bonchev–Trinajstić information content (AvgIpc) is 2.32. The van der Waals surface area contributed by atoms with Crippen molar-refractivity contribution in [3.05, 3.63) is 34.3 Å². The summed E-state index contributed by atoms with van der Waals surface area (Å²) in [5.41, 5.74) is 2.46. The Morgan fingerprint density at radius 2 is 2.17 bits per heavy atom. The zero-order chi connectivity index (χ0) is 8.72. The van der Waals surface area contributed by atoms with E-state index in [4.69, 9.17) is 23.2 Å². The van der Waals surface area contributed by atoms with E-state index in [1.54, 1.807) is 0 Å². The molecular formula is C10H10Cl2. The molecule has 0 saturated carbocycles. The SMILES string of the molecule is CC1Cc2c(Cl)cccc2C1Cl. The van der Waals surface area contributed by atoms with E-state index in [1.807, 2.05) is 12.1 Å². The molecule has 1 aromatic carbocycles. The normalized spacial score (nSPS) is 27.2. The lowest BCUT2D eigenvalue weighted by molar-refractivity contribution is 0.609. The summed E-state index contributed by atoms with van der Waals surface area (Å²) in [5, 5.41) is 1.02. The third-order valence-corrected chi connectivity index (χ3v) is 3.50. The molecule has 2 atom stereocenters. The number of rotatable bonds is 0. The fourth-order valence-corrected chi connectivity index (χ4v) is 2.33. The van der Waals surface area contributed by atoms with Crippen molar-refractivity contribution < 1.29 is 0 Å². The molecule has 1 aliphatic rings. The molecular weight excluding hydrogens is 191 g/mol. The second kappa shape index (κ2) is 2.93. The summed E-state index contributed by atoms with van der Waals surface area (Å²) in [6.07, 6.45) is 1.02. The molecule has 0 nitrogen and oxygen atoms in total. The number of benzene rings is 1. The van der Waals surface area contributed by atoms with Gasteiger partial charge >= 0.3 is 0 Å². The molecule has 0 N–H and O–H groups in total. The van der Waals surface area contributed by atoms with Crippen LogP contribution in [0.5, 0.6) is 0 Å². The monoisotopic (exact) mass is 200 g/mol. The topological polar surface area (TPSA) is 0 Å². The van der Waals surface area contributed by atoms with E-state index in [9.17, 15) is 0 Å². The highest BCUT2D eigenvalue weighted by atomic mass is 35.5. The predicted molar refractivity (Wildman–Crippen MR) is 52.9 cm³/mol. The second-order valence-electron chi connectivity index (χ2n) is 3.39. The minimum Gasteiger partial charge on any atom is -0.118 e. The first kappa shape index (κ1) is 8.40. The van der Waals surface area contributed by atoms with Crippen LogP contribution in [0.4, 0.5) is 0 Å². The third-order valence-electron chi connectivity index (χ3n) is 2.48. The van der Waals surface area contributed by atoms with Gasteiger partial charge in [0.1, 0.15) is 0 Å². The zero-order valence-electron chi connectivity index (χ0n) is 6.85. The third kappa shape index (κ3) is 1.14. The van der Waals surface area contributed by atoms with Crippen LogP contribution >= 0.6 is 23.2 Å². The minimum absolute atomic E-state index is 0.152. The Morgan fingerprint density at radius 1 is 1.42 bits per heavy atom. The van der Waals surface area contributed by atoms with Gasteiger partial charge in [-0.1, -0.05) is 30.7 Å². The summed E-state index contributed by atoms with van der Waals surface area (Å²) in [6.45, 7) is 2.16. The lowest BCUT2D eigenvalue weighted by atomic mass is 10.1. The fraction of sp³-hybridized carbons (Fsp3) is 0.400. The molecule has 64 valence electrons. The van der Waals surface area contributed by atoms with Gasteiger partial charge in [-0.25, -0.2) is 0 Å². The summed E-state index contributed by atoms with van der Waals surface area (Å²) < 4.78 is 0. The number of hydrogen-bond donors (Lipinski definition) is 0. The van der Waals surface area contributed by atoms with Gasteiger partial charge in [0.15, 0.2) is 0 Å². The maximum absolute atomic E-state index is 6.21. The lowest BCUT2D eigenvalue weighted by Crippen LogP contribution is -1.94. The van der Waals surface area contributed by atoms with Crippen LogP contribution in [0.2, 0.25) is 5.02 Å². The van der Waals surface area contributed by atoms with E-state index in [0.717, 1.165) is 11.4 Å². The van der Waals surface area contributed by atoms with E-state index in [-0.39, 0.29) is 5.38 Å². The van der Waals surface area contributed by atoms with Crippen LogP contribution in [0.25, 0.3) is 0 Å². The Kier molecular flexibility index (Phi) is 2.05. The van der Waals surface area contributed by atoms with Crippen molar-refractivity contribution in [3.8, 4) is 0 Å². The van der Waals surface area contributed by atoms with Gasteiger partial charge in [-0.3, -0.25) is 0 Å². The molecule has 0 heterocycles. The molecule has 0 fully saturated rings. The Hall–Kier alpha value is -0.200. The summed E-state index contributed by atoms with van der Waals surface area (Å²) in [4.78, 5) is 0. The fourth-order valence-electron chi connectivity index (χ4n) is 1.78. The van der Waals surface area contributed by atoms with Gasteiger partial charge in [0.05, 0.1) is 5.38 Å². The van der Waals surface area contributed by atoms with Crippen LogP contribution in [-0.2, 0) is 6.42 Å². The standard InChI is InChI=1S/C10H10Cl2/c1-6-5-8-7(10(6)12)3-2-4-9(8)11/h2-4,6,10H,5H2,1H3. The van der Waals surface area contributed by atoms with Crippen molar-refractivity contribution in [2.45, 2.75) is 18.7 Å². The van der Waals surface area contributed by atoms with Crippen molar-refractivity contribution in [2.24, 2.45) is 5.92 Å². The molecule has 0 radical (unpaired) electrons. The van der Waals surface area contributed by atoms with E-state index < -0.39 is 0 Å². The Morgan fingerprint density at radius 3 is 2.83 bits per heavy atom. The smallest absolute Gasteiger partial charge is 0.0617 e. The Balaban J connectivity index is 2.53. The molecule has 0 spiro atoms. The maximum Gasteiger partial charge on any atom is 0.0617 e. The summed E-state index contributed by atoms with van der Waals surface area (Å²) in [5.74, 6) is 0.515. The lowest BCUT2D eigenvalue weighted by Gasteiger charge is -2.05. The first-order chi connectivity index (χ1) is 5.70. The Labute approximate surface area is 82.5 Å². The number of alkyl halides is 1. The molecule has 0 aliphatic heterocycles. The molecule has 2 rings (SSSR count). The highest BCUT2D eigenvalue weighted by Gasteiger charge is 2.28. The molecule has 1 aromatic rings. The maximum atomic E-state index is 6.21. The predicted octanol–water partition coefficient (Wildman–Crippen LogP) is 3.81. The first-order valence-electron chi connectivity index (χ1n) is 4.11. The van der Waals surface area contributed by atoms with E-state index in [1.165, 1.54) is 11.1 Å². The molecule has 0 saturated heterocycles. The highest BCUT2D eigenvalue weighted by Crippen LogP contribution is 2.42. The zero-order valence-corrected chi connectivity index (χ0v) is 8.36. The van der Waals surface area contributed by atoms with E-state index in [2.05, 4.69) is 13.0 Å². The number of fused-ring (bicyclic) bond motifs is 1. The quantitative estimate of drug-likeness (QED) is 0.560. The Bertz CT molecular complexity index is 307. The van der Waals surface area contributed by atoms with Crippen LogP contribution in [0.3, 0.4) is 0 Å². The molecule has 2 unspecified atom stereocenters. The molecule has 1 aliphatic carbocycles. The van der Waals surface area contributed by atoms with Gasteiger partial charge in [-0.15, -0.1) is 11.6 Å². The van der Waals surface area contributed by atoms with Crippen molar-refractivity contribution >= 4 is 23.2 Å². The van der Waals surface area contributed by atoms with Gasteiger partial charge in [-0.2, -0.15) is 0 Å². The second-order valence-corrected chi connectivity index (χ2v) is 4.27. The van der Waals surface area contributed by atoms with Crippen molar-refractivity contribution in [1.29, 1.82) is 0 Å². The van der Waals surface area contributed by atoms with Gasteiger partial charge in [0, 0.05) is 5.02 Å². The van der Waals surface area contributed by atoms with Crippen molar-refractivity contribution in [2.75, 3.05) is 0 Å². The van der Waals surface area contributed by atoms with Gasteiger partial charge in [-0.05, 0) is 29.5 Å².